The van der Waals surface area contributed by atoms with Gasteiger partial charge in [-0.2, -0.15) is 0 Å². The molecule has 2 aromatic heterocycles. The van der Waals surface area contributed by atoms with Crippen molar-refractivity contribution in [3.63, 3.8) is 0 Å². The average Bonchev–Trinajstić information content (AvgIpc) is 3.81. The molecule has 65 heavy (non-hydrogen) atoms. The molecule has 0 aliphatic carbocycles. The summed E-state index contributed by atoms with van der Waals surface area (Å²) in [6, 6.07) is 80.0. The topological polar surface area (TPSA) is 25.8 Å². The third-order valence-corrected chi connectivity index (χ3v) is 14.7. The summed E-state index contributed by atoms with van der Waals surface area (Å²) in [5, 5.41) is 19.0. The molecule has 0 bridgehead atoms. The molecule has 0 spiro atoms. The highest BCUT2D eigenvalue weighted by Crippen LogP contribution is 2.46. The zero-order valence-corrected chi connectivity index (χ0v) is 35.9. The van der Waals surface area contributed by atoms with Crippen LogP contribution in [-0.2, 0) is 0 Å². The van der Waals surface area contributed by atoms with Gasteiger partial charge >= 0.3 is 0 Å². The molecule has 3 heteroatoms. The van der Waals surface area contributed by atoms with Gasteiger partial charge in [-0.1, -0.05) is 188 Å². The van der Waals surface area contributed by atoms with Crippen LogP contribution in [0.2, 0.25) is 0 Å². The fourth-order valence-corrected chi connectivity index (χ4v) is 11.8. The second-order valence-corrected chi connectivity index (χ2v) is 18.3. The van der Waals surface area contributed by atoms with E-state index in [0.29, 0.717) is 5.82 Å². The smallest absolute Gasteiger partial charge is 0.160 e. The van der Waals surface area contributed by atoms with Crippen molar-refractivity contribution in [3.8, 4) is 55.5 Å². The molecule has 0 fully saturated rings. The first kappa shape index (κ1) is 36.3. The molecular weight excluding hydrogens is 805 g/mol. The average molecular weight is 841 g/mol. The lowest BCUT2D eigenvalue weighted by molar-refractivity contribution is 1.19. The SMILES string of the molecule is c1ccc(-c2nc(-c3ccccc3-c3cc4ccccc4s3)cc(-c3ccc(-c4cc5ccc6cccc7c8cccc9ccc%10cccc(c(c4)c5c67)c%10c98)c4ccccc34)n2)cc1. The van der Waals surface area contributed by atoms with Crippen molar-refractivity contribution >= 4 is 96.8 Å². The summed E-state index contributed by atoms with van der Waals surface area (Å²) in [4.78, 5) is 11.9. The molecule has 0 unspecified atom stereocenters. The van der Waals surface area contributed by atoms with E-state index in [1.165, 1.54) is 102 Å². The van der Waals surface area contributed by atoms with Crippen LogP contribution >= 0.6 is 11.3 Å². The fourth-order valence-electron chi connectivity index (χ4n) is 10.7. The summed E-state index contributed by atoms with van der Waals surface area (Å²) < 4.78 is 1.27. The van der Waals surface area contributed by atoms with Gasteiger partial charge in [0.1, 0.15) is 0 Å². The number of nitrogens with zero attached hydrogens (tertiary/aromatic N) is 2. The number of aromatic nitrogens is 2. The van der Waals surface area contributed by atoms with Gasteiger partial charge in [0.25, 0.3) is 0 Å². The zero-order chi connectivity index (χ0) is 42.6. The van der Waals surface area contributed by atoms with E-state index in [9.17, 15) is 0 Å². The number of rotatable bonds is 5. The first-order valence-electron chi connectivity index (χ1n) is 22.2. The Bertz CT molecular complexity index is 4200. The van der Waals surface area contributed by atoms with Crippen LogP contribution in [0.25, 0.3) is 141 Å². The molecular formula is C62H36N2S. The standard InChI is InChI=1S/C62H36N2S/c1-2-13-40(14-3-1)62-63-54(47-21-7-8-22-49(47)57-35-41-15-4-9-26-56(41)65-57)36-55(64-62)48-32-31-44(45-19-5-6-20-46(45)48)43-33-42-30-29-39-17-11-24-51-50-23-10-16-37-27-28-38-18-12-25-52(60(38)58(37)50)53(34-43)61(42)59(39)51/h1-36H. The zero-order valence-electron chi connectivity index (χ0n) is 35.1. The number of benzene rings is 11. The second kappa shape index (κ2) is 14.1. The first-order chi connectivity index (χ1) is 32.2. The predicted molar refractivity (Wildman–Crippen MR) is 278 cm³/mol. The fraction of sp³-hybridized carbons (Fsp3) is 0. The highest BCUT2D eigenvalue weighted by molar-refractivity contribution is 7.22. The molecule has 14 rings (SSSR count). The third kappa shape index (κ3) is 5.59. The van der Waals surface area contributed by atoms with Gasteiger partial charge < -0.3 is 0 Å². The number of thiophene rings is 1. The molecule has 2 heterocycles. The Balaban J connectivity index is 1.01. The number of fused-ring (bicyclic) bond motifs is 4. The second-order valence-electron chi connectivity index (χ2n) is 17.2. The van der Waals surface area contributed by atoms with Crippen LogP contribution in [0.4, 0.5) is 0 Å². The van der Waals surface area contributed by atoms with Gasteiger partial charge in [-0.25, -0.2) is 9.97 Å². The Kier molecular flexibility index (Phi) is 7.89. The Labute approximate surface area is 378 Å². The minimum Gasteiger partial charge on any atom is -0.228 e. The molecule has 0 aliphatic rings. The summed E-state index contributed by atoms with van der Waals surface area (Å²) in [7, 11) is 0. The van der Waals surface area contributed by atoms with E-state index in [1.54, 1.807) is 0 Å². The van der Waals surface area contributed by atoms with Crippen molar-refractivity contribution in [1.82, 2.24) is 9.97 Å². The lowest BCUT2D eigenvalue weighted by atomic mass is 9.86. The highest BCUT2D eigenvalue weighted by Gasteiger charge is 2.20. The lowest BCUT2D eigenvalue weighted by Crippen LogP contribution is -1.97. The first-order valence-corrected chi connectivity index (χ1v) is 23.0. The Morgan fingerprint density at radius 3 is 1.48 bits per heavy atom. The van der Waals surface area contributed by atoms with Gasteiger partial charge in [-0.3, -0.25) is 0 Å². The Morgan fingerprint density at radius 2 is 0.785 bits per heavy atom. The third-order valence-electron chi connectivity index (χ3n) is 13.6. The molecule has 300 valence electrons. The maximum absolute atomic E-state index is 5.36. The van der Waals surface area contributed by atoms with Crippen molar-refractivity contribution in [2.24, 2.45) is 0 Å². The van der Waals surface area contributed by atoms with E-state index >= 15 is 0 Å². The molecule has 12 aromatic carbocycles. The van der Waals surface area contributed by atoms with E-state index in [4.69, 9.17) is 9.97 Å². The van der Waals surface area contributed by atoms with Crippen LogP contribution in [-0.4, -0.2) is 9.97 Å². The summed E-state index contributed by atoms with van der Waals surface area (Å²) in [6.45, 7) is 0. The molecule has 0 radical (unpaired) electrons. The van der Waals surface area contributed by atoms with Crippen LogP contribution < -0.4 is 0 Å². The van der Waals surface area contributed by atoms with Gasteiger partial charge in [0.2, 0.25) is 0 Å². The maximum Gasteiger partial charge on any atom is 0.160 e. The maximum atomic E-state index is 5.36. The van der Waals surface area contributed by atoms with Crippen molar-refractivity contribution in [1.29, 1.82) is 0 Å². The Morgan fingerprint density at radius 1 is 0.277 bits per heavy atom. The van der Waals surface area contributed by atoms with Gasteiger partial charge in [-0.15, -0.1) is 11.3 Å². The van der Waals surface area contributed by atoms with Crippen molar-refractivity contribution in [2.45, 2.75) is 0 Å². The normalized spacial score (nSPS) is 12.0. The van der Waals surface area contributed by atoms with Crippen molar-refractivity contribution < 1.29 is 0 Å². The van der Waals surface area contributed by atoms with E-state index in [2.05, 4.69) is 212 Å². The summed E-state index contributed by atoms with van der Waals surface area (Å²) >= 11 is 1.82. The predicted octanol–water partition coefficient (Wildman–Crippen LogP) is 17.5. The Hall–Kier alpha value is -8.24. The molecule has 0 saturated heterocycles. The molecule has 14 aromatic rings. The van der Waals surface area contributed by atoms with E-state index in [0.717, 1.165) is 33.5 Å². The number of hydrogen-bond donors (Lipinski definition) is 0. The molecule has 0 aliphatic heterocycles. The van der Waals surface area contributed by atoms with Crippen LogP contribution in [0.3, 0.4) is 0 Å². The van der Waals surface area contributed by atoms with Crippen LogP contribution in [0, 0.1) is 0 Å². The molecule has 0 saturated carbocycles. The summed E-state index contributed by atoms with van der Waals surface area (Å²) in [5.74, 6) is 0.704. The van der Waals surface area contributed by atoms with Gasteiger partial charge in [0.05, 0.1) is 11.4 Å². The molecule has 0 amide bonds. The van der Waals surface area contributed by atoms with Crippen LogP contribution in [0.5, 0.6) is 0 Å². The van der Waals surface area contributed by atoms with Gasteiger partial charge in [0, 0.05) is 31.8 Å². The van der Waals surface area contributed by atoms with Crippen LogP contribution in [0.15, 0.2) is 218 Å². The quantitative estimate of drug-likeness (QED) is 0.161. The highest BCUT2D eigenvalue weighted by atomic mass is 32.1. The molecule has 0 atom stereocenters. The van der Waals surface area contributed by atoms with Gasteiger partial charge in [0.15, 0.2) is 5.82 Å². The van der Waals surface area contributed by atoms with E-state index in [1.807, 2.05) is 17.4 Å². The number of hydrogen-bond acceptors (Lipinski definition) is 3. The largest absolute Gasteiger partial charge is 0.228 e. The van der Waals surface area contributed by atoms with Crippen LogP contribution in [0.1, 0.15) is 0 Å². The monoisotopic (exact) mass is 840 g/mol. The molecule has 2 nitrogen and oxygen atoms in total. The van der Waals surface area contributed by atoms with E-state index in [-0.39, 0.29) is 0 Å². The van der Waals surface area contributed by atoms with Crippen molar-refractivity contribution in [2.75, 3.05) is 0 Å². The van der Waals surface area contributed by atoms with E-state index < -0.39 is 0 Å². The lowest BCUT2D eigenvalue weighted by Gasteiger charge is -2.18. The summed E-state index contributed by atoms with van der Waals surface area (Å²) in [5.41, 5.74) is 8.48. The van der Waals surface area contributed by atoms with Gasteiger partial charge in [-0.05, 0) is 122 Å². The molecule has 0 N–H and O–H groups in total. The minimum absolute atomic E-state index is 0.704. The summed E-state index contributed by atoms with van der Waals surface area (Å²) in [6.07, 6.45) is 0. The van der Waals surface area contributed by atoms with Crippen molar-refractivity contribution in [3.05, 3.63) is 218 Å². The minimum atomic E-state index is 0.704.